The molecule has 0 aliphatic carbocycles. The van der Waals surface area contributed by atoms with E-state index < -0.39 is 128 Å². The molecular weight excluding hydrogens is 842 g/mol. The molecule has 0 bridgehead atoms. The van der Waals surface area contributed by atoms with Gasteiger partial charge in [0.2, 0.25) is 5.91 Å². The average molecular weight is 908 g/mol. The van der Waals surface area contributed by atoms with Crippen molar-refractivity contribution in [3.8, 4) is 0 Å². The van der Waals surface area contributed by atoms with Crippen LogP contribution in [-0.2, 0) is 57.2 Å². The Bertz CT molecular complexity index is 1850. The maximum Gasteiger partial charge on any atom is 0.333 e. The van der Waals surface area contributed by atoms with Crippen LogP contribution in [0.25, 0.3) is 0 Å². The molecule has 4 aliphatic heterocycles. The molecule has 358 valence electrons. The number of ether oxygens (including phenoxy) is 6. The fourth-order valence-electron chi connectivity index (χ4n) is 7.23. The summed E-state index contributed by atoms with van der Waals surface area (Å²) in [6.45, 7) is 10.5. The summed E-state index contributed by atoms with van der Waals surface area (Å²) in [4.78, 5) is 80.8. The van der Waals surface area contributed by atoms with Crippen molar-refractivity contribution in [1.29, 1.82) is 0 Å². The topological polar surface area (TPSA) is 355 Å². The predicted molar refractivity (Wildman–Crippen MR) is 224 cm³/mol. The molecule has 1 unspecified atom stereocenters. The van der Waals surface area contributed by atoms with Crippen molar-refractivity contribution in [1.82, 2.24) is 9.80 Å². The van der Waals surface area contributed by atoms with Crippen molar-refractivity contribution in [3.05, 3.63) is 47.6 Å². The molecule has 4 heterocycles. The van der Waals surface area contributed by atoms with Gasteiger partial charge in [-0.2, -0.15) is 0 Å². The van der Waals surface area contributed by atoms with Crippen LogP contribution >= 0.6 is 0 Å². The van der Waals surface area contributed by atoms with E-state index >= 15 is 0 Å². The second-order valence-corrected chi connectivity index (χ2v) is 17.5. The molecule has 0 radical (unpaired) electrons. The highest BCUT2D eigenvalue weighted by Gasteiger charge is 2.54. The molecule has 22 nitrogen and oxygen atoms in total. The summed E-state index contributed by atoms with van der Waals surface area (Å²) in [6.07, 6.45) is -3.33. The van der Waals surface area contributed by atoms with Crippen molar-refractivity contribution in [2.75, 3.05) is 13.2 Å². The minimum Gasteiger partial charge on any atom is -0.478 e. The molecule has 13 N–H and O–H groups in total. The number of primary amides is 1. The third-order valence-electron chi connectivity index (χ3n) is 11.5. The van der Waals surface area contributed by atoms with Crippen LogP contribution in [-0.4, -0.2) is 147 Å². The summed E-state index contributed by atoms with van der Waals surface area (Å²) in [5, 5.41) is 30.3. The third kappa shape index (κ3) is 12.2. The molecule has 22 heteroatoms. The van der Waals surface area contributed by atoms with E-state index in [9.17, 15) is 44.1 Å². The van der Waals surface area contributed by atoms with E-state index in [0.717, 1.165) is 0 Å². The Morgan fingerprint density at radius 3 is 1.45 bits per heavy atom. The first kappa shape index (κ1) is 51.7. The smallest absolute Gasteiger partial charge is 0.333 e. The number of aliphatic hydroxyl groups is 2. The summed E-state index contributed by atoms with van der Waals surface area (Å²) in [5.41, 5.74) is 31.1. The van der Waals surface area contributed by atoms with E-state index in [1.54, 1.807) is 60.7 Å². The Morgan fingerprint density at radius 1 is 0.641 bits per heavy atom. The Hall–Kier alpha value is -4.94. The van der Waals surface area contributed by atoms with Gasteiger partial charge in [0, 0.05) is 43.2 Å². The highest BCUT2D eigenvalue weighted by molar-refractivity contribution is 5.92. The Kier molecular flexibility index (Phi) is 18.0. The normalized spacial score (nSPS) is 28.2. The fourth-order valence-corrected chi connectivity index (χ4v) is 7.23. The van der Waals surface area contributed by atoms with Crippen LogP contribution in [0.1, 0.15) is 67.7 Å². The molecule has 0 aromatic rings. The average Bonchev–Trinajstić information content (AvgIpc) is 3.77. The molecule has 0 aromatic heterocycles. The summed E-state index contributed by atoms with van der Waals surface area (Å²) in [6, 6.07) is -4.63. The number of carbonyl (C=O) groups excluding carboxylic acids is 5. The first-order valence-electron chi connectivity index (χ1n) is 21.2. The second kappa shape index (κ2) is 22.3. The van der Waals surface area contributed by atoms with Gasteiger partial charge in [0.05, 0.1) is 18.8 Å². The first-order chi connectivity index (χ1) is 30.0. The molecule has 4 rings (SSSR count). The summed E-state index contributed by atoms with van der Waals surface area (Å²) >= 11 is 0. The third-order valence-corrected chi connectivity index (χ3v) is 11.5. The van der Waals surface area contributed by atoms with Crippen LogP contribution in [0.4, 0.5) is 0 Å². The number of carbonyl (C=O) groups is 6. The van der Waals surface area contributed by atoms with Gasteiger partial charge in [0.1, 0.15) is 36.4 Å². The van der Waals surface area contributed by atoms with Crippen molar-refractivity contribution in [2.45, 2.75) is 141 Å². The molecule has 13 atom stereocenters. The summed E-state index contributed by atoms with van der Waals surface area (Å²) in [7, 11) is 0. The monoisotopic (exact) mass is 907 g/mol. The van der Waals surface area contributed by atoms with Crippen LogP contribution < -0.4 is 28.7 Å². The first-order valence-corrected chi connectivity index (χ1v) is 21.2. The van der Waals surface area contributed by atoms with Crippen molar-refractivity contribution < 1.29 is 72.5 Å². The Labute approximate surface area is 371 Å². The van der Waals surface area contributed by atoms with Crippen LogP contribution in [0.3, 0.4) is 0 Å². The molecule has 0 spiro atoms. The minimum atomic E-state index is -1.45. The van der Waals surface area contributed by atoms with Gasteiger partial charge in [-0.05, 0) is 35.7 Å². The maximum atomic E-state index is 14.0. The number of nitrogens with zero attached hydrogens (tertiary/aromatic N) is 2. The van der Waals surface area contributed by atoms with E-state index in [4.69, 9.17) is 57.1 Å². The molecule has 2 fully saturated rings. The van der Waals surface area contributed by atoms with Crippen LogP contribution in [0.5, 0.6) is 0 Å². The zero-order chi connectivity index (χ0) is 47.9. The Balaban J connectivity index is 1.64. The zero-order valence-electron chi connectivity index (χ0n) is 37.2. The molecule has 2 saturated heterocycles. The van der Waals surface area contributed by atoms with Gasteiger partial charge in [-0.15, -0.1) is 0 Å². The summed E-state index contributed by atoms with van der Waals surface area (Å²) in [5.74, 6) is -7.33. The van der Waals surface area contributed by atoms with E-state index in [1.165, 1.54) is 28.4 Å². The lowest BCUT2D eigenvalue weighted by Crippen LogP contribution is -2.50. The van der Waals surface area contributed by atoms with Crippen LogP contribution in [0, 0.1) is 23.7 Å². The number of hydrogen-bond acceptors (Lipinski definition) is 20. The van der Waals surface area contributed by atoms with Gasteiger partial charge in [0.25, 0.3) is 0 Å². The lowest BCUT2D eigenvalue weighted by Gasteiger charge is -2.34. The SMILES string of the molecule is CC(C)[C@H](N)C(=O)O[C@@H]1[C@H](OC(=O)[C@@H](N)C(C)C)[C@@H](CO)O[C@H]1N1C=C(CC(C)[C@H](N)C(=O)O[C@@H]2[C@H](OC(=O)[C@@H](N)C(C)C)[C@@H](CO)O[C@H]2N2C=CCC(C(=O)O)=C2)CC(C(N)=O)=C1. The van der Waals surface area contributed by atoms with Crippen molar-refractivity contribution in [2.24, 2.45) is 52.3 Å². The largest absolute Gasteiger partial charge is 0.478 e. The number of hydrogen-bond donors (Lipinski definition) is 8. The zero-order valence-corrected chi connectivity index (χ0v) is 37.2. The van der Waals surface area contributed by atoms with Gasteiger partial charge >= 0.3 is 29.8 Å². The number of esters is 4. The molecule has 64 heavy (non-hydrogen) atoms. The number of aliphatic carboxylic acids is 1. The van der Waals surface area contributed by atoms with E-state index in [-0.39, 0.29) is 48.2 Å². The minimum absolute atomic E-state index is 0.0111. The van der Waals surface area contributed by atoms with Gasteiger partial charge in [-0.3, -0.25) is 24.0 Å². The van der Waals surface area contributed by atoms with E-state index in [1.807, 2.05) is 0 Å². The molecule has 1 amide bonds. The number of nitrogens with two attached hydrogens (primary N) is 5. The molecule has 4 aliphatic rings. The standard InChI is InChI=1S/C42H65N7O15/c1-18(2)27(43)39(55)61-31-25(16-50)59-36(48-10-8-9-23(14-48)38(53)54)33(31)64-42(58)30(46)21(7)11-22-12-24(35(47)52)15-49(13-22)37-34(63-41(57)29(45)20(5)6)32(26(17-51)60-37)62-40(56)28(44)19(3)4/h8,10,13-15,18-21,25-34,36-37,50-51H,9,11-12,16-17,43-46H2,1-7H3,(H2,47,52)(H,53,54)/t21?,25-,26-,27+,28+,29+,30+,31-,32-,33-,34-,36-,37-/m1/s1. The molecular formula is C42H65N7O15. The molecule has 0 aromatic carbocycles. The van der Waals surface area contributed by atoms with E-state index in [0.29, 0.717) is 5.57 Å². The lowest BCUT2D eigenvalue weighted by atomic mass is 9.90. The van der Waals surface area contributed by atoms with E-state index in [2.05, 4.69) is 0 Å². The lowest BCUT2D eigenvalue weighted by molar-refractivity contribution is -0.172. The Morgan fingerprint density at radius 2 is 1.05 bits per heavy atom. The number of carboxylic acids is 1. The number of carboxylic acid groups (broad SMARTS) is 1. The highest BCUT2D eigenvalue weighted by atomic mass is 16.7. The second-order valence-electron chi connectivity index (χ2n) is 17.5. The predicted octanol–water partition coefficient (Wildman–Crippen LogP) is -1.48. The highest BCUT2D eigenvalue weighted by Crippen LogP contribution is 2.36. The van der Waals surface area contributed by atoms with Crippen molar-refractivity contribution in [3.63, 3.8) is 0 Å². The van der Waals surface area contributed by atoms with Gasteiger partial charge in [-0.1, -0.05) is 54.5 Å². The van der Waals surface area contributed by atoms with Gasteiger partial charge in [-0.25, -0.2) is 4.79 Å². The van der Waals surface area contributed by atoms with Crippen LogP contribution in [0.15, 0.2) is 47.6 Å². The number of aliphatic hydroxyl groups excluding tert-OH is 2. The molecule has 0 saturated carbocycles. The van der Waals surface area contributed by atoms with Gasteiger partial charge in [0.15, 0.2) is 36.9 Å². The number of rotatable bonds is 20. The maximum absolute atomic E-state index is 14.0. The van der Waals surface area contributed by atoms with Crippen LogP contribution in [0.2, 0.25) is 0 Å². The summed E-state index contributed by atoms with van der Waals surface area (Å²) < 4.78 is 35.4. The quantitative estimate of drug-likeness (QED) is 0.0510. The van der Waals surface area contributed by atoms with Crippen molar-refractivity contribution >= 4 is 35.8 Å². The van der Waals surface area contributed by atoms with Gasteiger partial charge < -0.3 is 82.2 Å². The fraction of sp³-hybridized carbons (Fsp3) is 0.667. The number of amides is 1. The number of allylic oxidation sites excluding steroid dienone is 2.